The van der Waals surface area contributed by atoms with Gasteiger partial charge in [-0.15, -0.1) is 0 Å². The maximum atomic E-state index is 12.0. The largest absolute Gasteiger partial charge is 0.352 e. The Balaban J connectivity index is 1.45. The van der Waals surface area contributed by atoms with Crippen LogP contribution in [-0.4, -0.2) is 40.7 Å². The highest BCUT2D eigenvalue weighted by Crippen LogP contribution is 2.37. The van der Waals surface area contributed by atoms with E-state index in [1.165, 1.54) is 6.42 Å². The minimum absolute atomic E-state index is 0.0393. The molecule has 2 fully saturated rings. The minimum Gasteiger partial charge on any atom is -0.352 e. The van der Waals surface area contributed by atoms with Crippen molar-refractivity contribution in [2.45, 2.75) is 64.4 Å². The number of carbonyl (C=O) groups is 1. The van der Waals surface area contributed by atoms with Crippen molar-refractivity contribution in [1.29, 1.82) is 0 Å². The fourth-order valence-corrected chi connectivity index (χ4v) is 3.32. The van der Waals surface area contributed by atoms with E-state index in [-0.39, 0.29) is 24.3 Å². The molecule has 0 unspecified atom stereocenters. The van der Waals surface area contributed by atoms with Gasteiger partial charge in [0.2, 0.25) is 5.91 Å². The maximum Gasteiger partial charge on any atom is 0.241 e. The lowest BCUT2D eigenvalue weighted by Gasteiger charge is -2.31. The fraction of sp³-hybridized carbons (Fsp3) is 0.750. The Morgan fingerprint density at radius 3 is 2.86 bits per heavy atom. The molecule has 0 bridgehead atoms. The minimum atomic E-state index is -0.372. The molecule has 1 aromatic heterocycles. The molecule has 6 nitrogen and oxygen atoms in total. The van der Waals surface area contributed by atoms with Gasteiger partial charge in [-0.1, -0.05) is 6.42 Å². The van der Waals surface area contributed by atoms with Crippen LogP contribution in [0.2, 0.25) is 0 Å². The van der Waals surface area contributed by atoms with Crippen molar-refractivity contribution in [3.63, 3.8) is 0 Å². The summed E-state index contributed by atoms with van der Waals surface area (Å²) in [7, 11) is 0. The van der Waals surface area contributed by atoms with E-state index in [4.69, 9.17) is 9.47 Å². The first-order valence-electron chi connectivity index (χ1n) is 8.16. The Kier molecular flexibility index (Phi) is 4.49. The Labute approximate surface area is 131 Å². The molecule has 1 saturated carbocycles. The Morgan fingerprint density at radius 2 is 2.18 bits per heavy atom. The van der Waals surface area contributed by atoms with Gasteiger partial charge in [-0.05, 0) is 32.8 Å². The topological polar surface area (TPSA) is 65.4 Å². The van der Waals surface area contributed by atoms with Crippen LogP contribution < -0.4 is 5.32 Å². The first kappa shape index (κ1) is 15.5. The molecule has 122 valence electrons. The van der Waals surface area contributed by atoms with E-state index >= 15 is 0 Å². The summed E-state index contributed by atoms with van der Waals surface area (Å²) in [5.41, 5.74) is 1.92. The van der Waals surface area contributed by atoms with Crippen molar-refractivity contribution in [3.8, 4) is 0 Å². The van der Waals surface area contributed by atoms with Gasteiger partial charge in [-0.2, -0.15) is 5.10 Å². The SMILES string of the molecule is Cc1cc(C)n(CC(=O)NC[C@H]2COC3(CCCCC3)O2)n1. The second-order valence-electron chi connectivity index (χ2n) is 6.41. The first-order valence-corrected chi connectivity index (χ1v) is 8.16. The third-order valence-corrected chi connectivity index (χ3v) is 4.45. The number of nitrogens with zero attached hydrogens (tertiary/aromatic N) is 2. The van der Waals surface area contributed by atoms with E-state index in [0.29, 0.717) is 13.2 Å². The van der Waals surface area contributed by atoms with Crippen LogP contribution in [0.15, 0.2) is 6.07 Å². The van der Waals surface area contributed by atoms with Crippen molar-refractivity contribution >= 4 is 5.91 Å². The number of hydrogen-bond donors (Lipinski definition) is 1. The van der Waals surface area contributed by atoms with Crippen LogP contribution in [0.3, 0.4) is 0 Å². The van der Waals surface area contributed by atoms with Crippen LogP contribution in [-0.2, 0) is 20.8 Å². The Hall–Kier alpha value is -1.40. The number of aryl methyl sites for hydroxylation is 2. The molecule has 1 saturated heterocycles. The van der Waals surface area contributed by atoms with E-state index in [9.17, 15) is 4.79 Å². The zero-order chi connectivity index (χ0) is 15.6. The van der Waals surface area contributed by atoms with Crippen LogP contribution in [0, 0.1) is 13.8 Å². The predicted molar refractivity (Wildman–Crippen MR) is 81.4 cm³/mol. The summed E-state index contributed by atoms with van der Waals surface area (Å²) < 4.78 is 13.7. The summed E-state index contributed by atoms with van der Waals surface area (Å²) in [4.78, 5) is 12.0. The predicted octanol–water partition coefficient (Wildman–Crippen LogP) is 1.69. The molecular formula is C16H25N3O3. The number of amides is 1. The van der Waals surface area contributed by atoms with Crippen molar-refractivity contribution < 1.29 is 14.3 Å². The van der Waals surface area contributed by atoms with Gasteiger partial charge in [-0.25, -0.2) is 0 Å². The molecule has 1 N–H and O–H groups in total. The summed E-state index contributed by atoms with van der Waals surface area (Å²) in [6.45, 7) is 5.20. The lowest BCUT2D eigenvalue weighted by Crippen LogP contribution is -2.38. The zero-order valence-electron chi connectivity index (χ0n) is 13.4. The lowest BCUT2D eigenvalue weighted by atomic mass is 9.94. The van der Waals surface area contributed by atoms with Gasteiger partial charge in [0.15, 0.2) is 5.79 Å². The summed E-state index contributed by atoms with van der Waals surface area (Å²) in [5.74, 6) is -0.414. The van der Waals surface area contributed by atoms with Gasteiger partial charge in [0.05, 0.1) is 12.3 Å². The normalized spacial score (nSPS) is 23.8. The van der Waals surface area contributed by atoms with Crippen LogP contribution >= 0.6 is 0 Å². The molecule has 6 heteroatoms. The van der Waals surface area contributed by atoms with E-state index in [1.807, 2.05) is 19.9 Å². The van der Waals surface area contributed by atoms with Crippen LogP contribution in [0.4, 0.5) is 0 Å². The molecule has 1 aliphatic carbocycles. The van der Waals surface area contributed by atoms with Crippen LogP contribution in [0.5, 0.6) is 0 Å². The van der Waals surface area contributed by atoms with Crippen molar-refractivity contribution in [1.82, 2.24) is 15.1 Å². The van der Waals surface area contributed by atoms with Crippen LogP contribution in [0.1, 0.15) is 43.5 Å². The fourth-order valence-electron chi connectivity index (χ4n) is 3.32. The standard InChI is InChI=1S/C16H25N3O3/c1-12-8-13(2)19(18-12)10-15(20)17-9-14-11-21-16(22-14)6-4-3-5-7-16/h8,14H,3-7,9-11H2,1-2H3,(H,17,20)/t14-/m0/s1. The molecule has 0 aromatic carbocycles. The van der Waals surface area contributed by atoms with E-state index in [1.54, 1.807) is 4.68 Å². The molecule has 3 rings (SSSR count). The third-order valence-electron chi connectivity index (χ3n) is 4.45. The van der Waals surface area contributed by atoms with E-state index < -0.39 is 0 Å². The molecule has 2 heterocycles. The zero-order valence-corrected chi connectivity index (χ0v) is 13.4. The summed E-state index contributed by atoms with van der Waals surface area (Å²) >= 11 is 0. The summed E-state index contributed by atoms with van der Waals surface area (Å²) in [5, 5.41) is 7.22. The number of hydrogen-bond acceptors (Lipinski definition) is 4. The molecule has 1 spiro atoms. The number of nitrogens with one attached hydrogen (secondary N) is 1. The van der Waals surface area contributed by atoms with E-state index in [2.05, 4.69) is 10.4 Å². The average Bonchev–Trinajstić information content (AvgIpc) is 3.01. The van der Waals surface area contributed by atoms with Gasteiger partial charge in [-0.3, -0.25) is 9.48 Å². The van der Waals surface area contributed by atoms with Gasteiger partial charge in [0, 0.05) is 25.1 Å². The molecule has 1 atom stereocenters. The summed E-state index contributed by atoms with van der Waals surface area (Å²) in [6, 6.07) is 1.97. The molecular weight excluding hydrogens is 282 g/mol. The Bertz CT molecular complexity index is 535. The second kappa shape index (κ2) is 6.38. The molecule has 2 aliphatic rings. The highest BCUT2D eigenvalue weighted by atomic mass is 16.7. The average molecular weight is 307 g/mol. The highest BCUT2D eigenvalue weighted by molar-refractivity contribution is 5.75. The smallest absolute Gasteiger partial charge is 0.241 e. The lowest BCUT2D eigenvalue weighted by molar-refractivity contribution is -0.186. The van der Waals surface area contributed by atoms with Gasteiger partial charge < -0.3 is 14.8 Å². The third kappa shape index (κ3) is 3.50. The van der Waals surface area contributed by atoms with E-state index in [0.717, 1.165) is 37.1 Å². The number of aromatic nitrogens is 2. The van der Waals surface area contributed by atoms with Crippen LogP contribution in [0.25, 0.3) is 0 Å². The molecule has 22 heavy (non-hydrogen) atoms. The van der Waals surface area contributed by atoms with Crippen molar-refractivity contribution in [2.75, 3.05) is 13.2 Å². The van der Waals surface area contributed by atoms with Crippen molar-refractivity contribution in [2.24, 2.45) is 0 Å². The van der Waals surface area contributed by atoms with Gasteiger partial charge >= 0.3 is 0 Å². The second-order valence-corrected chi connectivity index (χ2v) is 6.41. The Morgan fingerprint density at radius 1 is 1.41 bits per heavy atom. The van der Waals surface area contributed by atoms with Crippen molar-refractivity contribution in [3.05, 3.63) is 17.5 Å². The number of carbonyl (C=O) groups excluding carboxylic acids is 1. The maximum absolute atomic E-state index is 12.0. The first-order chi connectivity index (χ1) is 10.6. The quantitative estimate of drug-likeness (QED) is 0.919. The summed E-state index contributed by atoms with van der Waals surface area (Å²) in [6.07, 6.45) is 5.50. The number of rotatable bonds is 4. The number of ether oxygens (including phenoxy) is 2. The van der Waals surface area contributed by atoms with Gasteiger partial charge in [0.1, 0.15) is 12.6 Å². The molecule has 1 aromatic rings. The molecule has 1 amide bonds. The molecule has 1 aliphatic heterocycles. The molecule has 0 radical (unpaired) electrons. The highest BCUT2D eigenvalue weighted by Gasteiger charge is 2.42. The monoisotopic (exact) mass is 307 g/mol. The van der Waals surface area contributed by atoms with Gasteiger partial charge in [0.25, 0.3) is 0 Å².